The van der Waals surface area contributed by atoms with Gasteiger partial charge in [0.1, 0.15) is 0 Å². The summed E-state index contributed by atoms with van der Waals surface area (Å²) in [5.41, 5.74) is -0.104. The van der Waals surface area contributed by atoms with Crippen LogP contribution >= 0.6 is 31.9 Å². The van der Waals surface area contributed by atoms with E-state index in [1.54, 1.807) is 13.8 Å². The molecule has 0 saturated heterocycles. The van der Waals surface area contributed by atoms with Gasteiger partial charge in [-0.1, -0.05) is 37.9 Å². The number of halogens is 2. The zero-order valence-electron chi connectivity index (χ0n) is 7.84. The predicted molar refractivity (Wildman–Crippen MR) is 62.5 cm³/mol. The van der Waals surface area contributed by atoms with Gasteiger partial charge in [0.25, 0.3) is 0 Å². The van der Waals surface area contributed by atoms with Crippen molar-refractivity contribution in [1.29, 1.82) is 0 Å². The first-order valence-corrected chi connectivity index (χ1v) is 5.63. The average Bonchev–Trinajstić information content (AvgIpc) is 2.02. The molecule has 2 nitrogen and oxygen atoms in total. The van der Waals surface area contributed by atoms with E-state index in [1.807, 2.05) is 18.2 Å². The van der Waals surface area contributed by atoms with E-state index in [0.717, 1.165) is 14.5 Å². The van der Waals surface area contributed by atoms with Crippen LogP contribution in [0.15, 0.2) is 27.1 Å². The van der Waals surface area contributed by atoms with Gasteiger partial charge in [-0.2, -0.15) is 0 Å². The molecule has 0 radical (unpaired) electrons. The standard InChI is InChI=1S/C10H10Br2O2/c1-10(2,9(13)14)7-4-3-6(11)5-8(7)12/h3-5H,1-2H3,(H,13,14). The van der Waals surface area contributed by atoms with E-state index in [9.17, 15) is 4.79 Å². The summed E-state index contributed by atoms with van der Waals surface area (Å²) in [6.45, 7) is 3.37. The Balaban J connectivity index is 3.26. The molecule has 1 aromatic rings. The summed E-state index contributed by atoms with van der Waals surface area (Å²) >= 11 is 6.68. The molecular formula is C10H10Br2O2. The van der Waals surface area contributed by atoms with Crippen LogP contribution in [0.3, 0.4) is 0 Å². The molecule has 0 aliphatic heterocycles. The van der Waals surface area contributed by atoms with Crippen molar-refractivity contribution in [2.45, 2.75) is 19.3 Å². The molecule has 0 fully saturated rings. The van der Waals surface area contributed by atoms with Crippen molar-refractivity contribution in [2.24, 2.45) is 0 Å². The Labute approximate surface area is 99.6 Å². The van der Waals surface area contributed by atoms with E-state index in [2.05, 4.69) is 31.9 Å². The maximum absolute atomic E-state index is 11.0. The maximum Gasteiger partial charge on any atom is 0.313 e. The van der Waals surface area contributed by atoms with Gasteiger partial charge in [-0.15, -0.1) is 0 Å². The summed E-state index contributed by atoms with van der Waals surface area (Å²) in [5, 5.41) is 9.06. The van der Waals surface area contributed by atoms with Gasteiger partial charge in [-0.25, -0.2) is 0 Å². The molecule has 0 spiro atoms. The lowest BCUT2D eigenvalue weighted by atomic mass is 9.85. The smallest absolute Gasteiger partial charge is 0.313 e. The SMILES string of the molecule is CC(C)(C(=O)O)c1ccc(Br)cc1Br. The molecule has 0 bridgehead atoms. The summed E-state index contributed by atoms with van der Waals surface area (Å²) in [5.74, 6) is -0.833. The normalized spacial score (nSPS) is 11.4. The van der Waals surface area contributed by atoms with Gasteiger partial charge in [0, 0.05) is 8.95 Å². The molecule has 4 heteroatoms. The second-order valence-corrected chi connectivity index (χ2v) is 5.32. The van der Waals surface area contributed by atoms with Crippen molar-refractivity contribution >= 4 is 37.8 Å². The van der Waals surface area contributed by atoms with Crippen molar-refractivity contribution in [3.8, 4) is 0 Å². The molecule has 0 saturated carbocycles. The van der Waals surface area contributed by atoms with Crippen LogP contribution in [0.2, 0.25) is 0 Å². The largest absolute Gasteiger partial charge is 0.481 e. The van der Waals surface area contributed by atoms with Crippen molar-refractivity contribution < 1.29 is 9.90 Å². The molecule has 1 N–H and O–H groups in total. The van der Waals surface area contributed by atoms with Crippen LogP contribution in [-0.4, -0.2) is 11.1 Å². The number of carboxylic acid groups (broad SMARTS) is 1. The van der Waals surface area contributed by atoms with Gasteiger partial charge < -0.3 is 5.11 Å². The van der Waals surface area contributed by atoms with E-state index in [4.69, 9.17) is 5.11 Å². The highest BCUT2D eigenvalue weighted by atomic mass is 79.9. The first-order valence-electron chi connectivity index (χ1n) is 4.04. The lowest BCUT2D eigenvalue weighted by Crippen LogP contribution is -2.28. The van der Waals surface area contributed by atoms with E-state index >= 15 is 0 Å². The number of carboxylic acids is 1. The number of hydrogen-bond acceptors (Lipinski definition) is 1. The second kappa shape index (κ2) is 4.03. The molecule has 1 aromatic carbocycles. The zero-order chi connectivity index (χ0) is 10.9. The number of aliphatic carboxylic acids is 1. The van der Waals surface area contributed by atoms with Crippen LogP contribution in [0.4, 0.5) is 0 Å². The molecule has 0 unspecified atom stereocenters. The van der Waals surface area contributed by atoms with Gasteiger partial charge in [-0.05, 0) is 31.5 Å². The van der Waals surface area contributed by atoms with Crippen LogP contribution in [0.5, 0.6) is 0 Å². The molecule has 0 aromatic heterocycles. The Bertz CT molecular complexity index is 372. The third-order valence-corrected chi connectivity index (χ3v) is 3.29. The van der Waals surface area contributed by atoms with Gasteiger partial charge in [0.15, 0.2) is 0 Å². The molecule has 14 heavy (non-hydrogen) atoms. The van der Waals surface area contributed by atoms with Crippen molar-refractivity contribution in [2.75, 3.05) is 0 Å². The molecule has 0 atom stereocenters. The Morgan fingerprint density at radius 3 is 2.36 bits per heavy atom. The lowest BCUT2D eigenvalue weighted by Gasteiger charge is -2.21. The number of hydrogen-bond donors (Lipinski definition) is 1. The van der Waals surface area contributed by atoms with E-state index in [1.165, 1.54) is 0 Å². The quantitative estimate of drug-likeness (QED) is 0.904. The first kappa shape index (κ1) is 11.7. The van der Waals surface area contributed by atoms with Crippen molar-refractivity contribution in [1.82, 2.24) is 0 Å². The van der Waals surface area contributed by atoms with Crippen LogP contribution in [0.1, 0.15) is 19.4 Å². The molecule has 0 amide bonds. The van der Waals surface area contributed by atoms with E-state index in [0.29, 0.717) is 0 Å². The highest BCUT2D eigenvalue weighted by molar-refractivity contribution is 9.11. The van der Waals surface area contributed by atoms with Crippen LogP contribution < -0.4 is 0 Å². The Morgan fingerprint density at radius 2 is 1.93 bits per heavy atom. The molecule has 0 heterocycles. The second-order valence-electron chi connectivity index (χ2n) is 3.55. The van der Waals surface area contributed by atoms with Crippen LogP contribution in [0, 0.1) is 0 Å². The molecule has 0 aliphatic carbocycles. The van der Waals surface area contributed by atoms with Gasteiger partial charge >= 0.3 is 5.97 Å². The minimum atomic E-state index is -0.875. The zero-order valence-corrected chi connectivity index (χ0v) is 11.0. The summed E-state index contributed by atoms with van der Waals surface area (Å²) in [4.78, 5) is 11.0. The molecule has 1 rings (SSSR count). The highest BCUT2D eigenvalue weighted by Crippen LogP contribution is 2.32. The Hall–Kier alpha value is -0.350. The van der Waals surface area contributed by atoms with Crippen LogP contribution in [0.25, 0.3) is 0 Å². The topological polar surface area (TPSA) is 37.3 Å². The fraction of sp³-hybridized carbons (Fsp3) is 0.300. The van der Waals surface area contributed by atoms with Crippen molar-refractivity contribution in [3.63, 3.8) is 0 Å². The summed E-state index contributed by atoms with van der Waals surface area (Å²) in [6.07, 6.45) is 0. The van der Waals surface area contributed by atoms with Crippen molar-refractivity contribution in [3.05, 3.63) is 32.7 Å². The van der Waals surface area contributed by atoms with Gasteiger partial charge in [-0.3, -0.25) is 4.79 Å². The van der Waals surface area contributed by atoms with Crippen LogP contribution in [-0.2, 0) is 10.2 Å². The average molecular weight is 322 g/mol. The predicted octanol–water partition coefficient (Wildman–Crippen LogP) is 3.57. The maximum atomic E-state index is 11.0. The van der Waals surface area contributed by atoms with E-state index in [-0.39, 0.29) is 0 Å². The molecular weight excluding hydrogens is 312 g/mol. The molecule has 0 aliphatic rings. The molecule has 76 valence electrons. The Kier molecular flexibility index (Phi) is 3.37. The minimum Gasteiger partial charge on any atom is -0.481 e. The number of rotatable bonds is 2. The fourth-order valence-electron chi connectivity index (χ4n) is 1.11. The van der Waals surface area contributed by atoms with E-state index < -0.39 is 11.4 Å². The monoisotopic (exact) mass is 320 g/mol. The fourth-order valence-corrected chi connectivity index (χ4v) is 2.65. The number of carbonyl (C=O) groups is 1. The summed E-state index contributed by atoms with van der Waals surface area (Å²) in [7, 11) is 0. The van der Waals surface area contributed by atoms with Gasteiger partial charge in [0.2, 0.25) is 0 Å². The Morgan fingerprint density at radius 1 is 1.36 bits per heavy atom. The minimum absolute atomic E-state index is 0.771. The highest BCUT2D eigenvalue weighted by Gasteiger charge is 2.31. The first-order chi connectivity index (χ1) is 6.35. The third-order valence-electron chi connectivity index (χ3n) is 2.14. The lowest BCUT2D eigenvalue weighted by molar-refractivity contribution is -0.142. The summed E-state index contributed by atoms with van der Waals surface area (Å²) in [6, 6.07) is 5.49. The third kappa shape index (κ3) is 2.17. The van der Waals surface area contributed by atoms with Gasteiger partial charge in [0.05, 0.1) is 5.41 Å². The summed E-state index contributed by atoms with van der Waals surface area (Å²) < 4.78 is 1.73. The number of benzene rings is 1.